The van der Waals surface area contributed by atoms with Crippen molar-refractivity contribution >= 4 is 17.3 Å². The van der Waals surface area contributed by atoms with Gasteiger partial charge < -0.3 is 10.2 Å². The maximum absolute atomic E-state index is 13.4. The first-order chi connectivity index (χ1) is 16.9. The first-order valence-corrected chi connectivity index (χ1v) is 11.0. The average molecular weight is 511 g/mol. The number of hydrogen-bond donors (Lipinski definition) is 2. The Morgan fingerprint density at radius 1 is 0.806 bits per heavy atom. The Kier molecular flexibility index (Phi) is 8.29. The van der Waals surface area contributed by atoms with Crippen molar-refractivity contribution < 1.29 is 41.4 Å². The number of carbonyl (C=O) groups excluding carboxylic acids is 1. The summed E-state index contributed by atoms with van der Waals surface area (Å²) in [6.07, 6.45) is -9.96. The second-order valence-corrected chi connectivity index (χ2v) is 8.21. The third-order valence-corrected chi connectivity index (χ3v) is 5.58. The Labute approximate surface area is 203 Å². The van der Waals surface area contributed by atoms with Gasteiger partial charge in [-0.3, -0.25) is 9.69 Å². The van der Waals surface area contributed by atoms with Gasteiger partial charge >= 0.3 is 12.4 Å². The highest BCUT2D eigenvalue weighted by Gasteiger charge is 2.37. The van der Waals surface area contributed by atoms with E-state index >= 15 is 0 Å². The number of aliphatic hydroxyl groups excluding tert-OH is 1. The molecule has 0 saturated heterocycles. The van der Waals surface area contributed by atoms with Crippen LogP contribution in [-0.2, 0) is 23.6 Å². The highest BCUT2D eigenvalue weighted by atomic mass is 19.4. The van der Waals surface area contributed by atoms with Crippen LogP contribution in [0.5, 0.6) is 5.75 Å². The summed E-state index contributed by atoms with van der Waals surface area (Å²) >= 11 is 0. The summed E-state index contributed by atoms with van der Waals surface area (Å²) in [6.45, 7) is -0.573. The number of halogens is 6. The van der Waals surface area contributed by atoms with Crippen LogP contribution in [0.2, 0.25) is 0 Å². The number of alkyl halides is 6. The minimum Gasteiger partial charge on any atom is -0.508 e. The van der Waals surface area contributed by atoms with E-state index < -0.39 is 41.9 Å². The van der Waals surface area contributed by atoms with Crippen LogP contribution in [-0.4, -0.2) is 22.7 Å². The van der Waals surface area contributed by atoms with Crippen molar-refractivity contribution in [3.05, 3.63) is 89.5 Å². The molecule has 0 radical (unpaired) electrons. The molecule has 1 amide bonds. The number of aliphatic hydroxyl groups is 1. The topological polar surface area (TPSA) is 60.8 Å². The molecule has 1 atom stereocenters. The van der Waals surface area contributed by atoms with Crippen LogP contribution in [0, 0.1) is 5.92 Å². The van der Waals surface area contributed by atoms with Gasteiger partial charge in [-0.15, -0.1) is 0 Å². The highest BCUT2D eigenvalue weighted by molar-refractivity contribution is 6.01. The number of anilines is 2. The molecule has 4 nitrogen and oxygen atoms in total. The lowest BCUT2D eigenvalue weighted by molar-refractivity contribution is -0.143. The fraction of sp³-hybridized carbons (Fsp3) is 0.269. The summed E-state index contributed by atoms with van der Waals surface area (Å²) in [5.74, 6) is -1.49. The highest BCUT2D eigenvalue weighted by Crippen LogP contribution is 2.37. The number of benzene rings is 3. The van der Waals surface area contributed by atoms with Gasteiger partial charge in [-0.25, -0.2) is 0 Å². The monoisotopic (exact) mass is 511 g/mol. The molecule has 2 N–H and O–H groups in total. The maximum atomic E-state index is 13.4. The second kappa shape index (κ2) is 11.0. The number of hydrogen-bond acceptors (Lipinski definition) is 3. The summed E-state index contributed by atoms with van der Waals surface area (Å²) in [5.41, 5.74) is -2.07. The van der Waals surface area contributed by atoms with Crippen LogP contribution in [0.3, 0.4) is 0 Å². The SMILES string of the molecule is O=C(C(CO)CCCc1cc(C(F)(F)F)cc(C(F)(F)F)c1)N(c1ccccc1)c1ccc(O)cc1. The van der Waals surface area contributed by atoms with Gasteiger partial charge in [-0.2, -0.15) is 26.3 Å². The van der Waals surface area contributed by atoms with Crippen molar-refractivity contribution in [2.75, 3.05) is 11.5 Å². The van der Waals surface area contributed by atoms with E-state index in [2.05, 4.69) is 0 Å². The number of aryl methyl sites for hydroxylation is 1. The Morgan fingerprint density at radius 2 is 1.33 bits per heavy atom. The van der Waals surface area contributed by atoms with E-state index in [1.807, 2.05) is 0 Å². The predicted octanol–water partition coefficient (Wildman–Crippen LogP) is 6.73. The lowest BCUT2D eigenvalue weighted by Gasteiger charge is -2.27. The molecule has 0 aliphatic carbocycles. The molecule has 1 unspecified atom stereocenters. The third-order valence-electron chi connectivity index (χ3n) is 5.58. The molecule has 0 aromatic heterocycles. The minimum atomic E-state index is -4.94. The maximum Gasteiger partial charge on any atom is 0.416 e. The van der Waals surface area contributed by atoms with E-state index in [9.17, 15) is 41.4 Å². The van der Waals surface area contributed by atoms with Crippen molar-refractivity contribution in [1.29, 1.82) is 0 Å². The van der Waals surface area contributed by atoms with Gasteiger partial charge in [-0.05, 0) is 79.4 Å². The van der Waals surface area contributed by atoms with Crippen LogP contribution >= 0.6 is 0 Å². The van der Waals surface area contributed by atoms with Crippen molar-refractivity contribution in [2.45, 2.75) is 31.6 Å². The summed E-state index contributed by atoms with van der Waals surface area (Å²) in [6, 6.07) is 15.7. The number of phenols is 1. The van der Waals surface area contributed by atoms with Gasteiger partial charge in [0.15, 0.2) is 0 Å². The Balaban J connectivity index is 1.80. The largest absolute Gasteiger partial charge is 0.508 e. The zero-order chi connectivity index (χ0) is 26.5. The van der Waals surface area contributed by atoms with E-state index in [0.717, 1.165) is 0 Å². The average Bonchev–Trinajstić information content (AvgIpc) is 2.82. The van der Waals surface area contributed by atoms with E-state index in [1.54, 1.807) is 30.3 Å². The van der Waals surface area contributed by atoms with Gasteiger partial charge in [0.2, 0.25) is 5.91 Å². The molecule has 3 aromatic carbocycles. The van der Waals surface area contributed by atoms with Gasteiger partial charge in [0, 0.05) is 11.4 Å². The predicted molar refractivity (Wildman–Crippen MR) is 122 cm³/mol. The molecule has 0 fully saturated rings. The molecular weight excluding hydrogens is 488 g/mol. The number of amides is 1. The summed E-state index contributed by atoms with van der Waals surface area (Å²) in [7, 11) is 0. The quantitative estimate of drug-likeness (QED) is 0.330. The number of phenolic OH excluding ortho intramolecular Hbond substituents is 1. The molecule has 0 saturated carbocycles. The zero-order valence-electron chi connectivity index (χ0n) is 18.9. The molecular formula is C26H23F6NO3. The Bertz CT molecular complexity index is 1130. The van der Waals surface area contributed by atoms with Crippen LogP contribution in [0.1, 0.15) is 29.5 Å². The lowest BCUT2D eigenvalue weighted by Crippen LogP contribution is -2.34. The van der Waals surface area contributed by atoms with Crippen LogP contribution in [0.15, 0.2) is 72.8 Å². The first-order valence-electron chi connectivity index (χ1n) is 11.0. The number of aromatic hydroxyl groups is 1. The van der Waals surface area contributed by atoms with Gasteiger partial charge in [-0.1, -0.05) is 18.2 Å². The standard InChI is InChI=1S/C26H23F6NO3/c27-25(28,29)19-13-17(14-20(15-19)26(30,31)32)5-4-6-18(16-34)24(36)33(21-7-2-1-3-8-21)22-9-11-23(35)12-10-22/h1-3,7-15,18,34-35H,4-6,16H2. The molecule has 0 aliphatic heterocycles. The number of rotatable bonds is 8. The molecule has 192 valence electrons. The first kappa shape index (κ1) is 27.1. The van der Waals surface area contributed by atoms with E-state index in [4.69, 9.17) is 0 Å². The molecule has 36 heavy (non-hydrogen) atoms. The van der Waals surface area contributed by atoms with E-state index in [-0.39, 0.29) is 36.6 Å². The third kappa shape index (κ3) is 6.78. The van der Waals surface area contributed by atoms with Gasteiger partial charge in [0.05, 0.1) is 23.7 Å². The van der Waals surface area contributed by atoms with E-state index in [0.29, 0.717) is 23.5 Å². The molecule has 0 heterocycles. The smallest absolute Gasteiger partial charge is 0.416 e. The molecule has 0 spiro atoms. The Hall–Kier alpha value is -3.53. The van der Waals surface area contributed by atoms with Gasteiger partial charge in [0.1, 0.15) is 5.75 Å². The summed E-state index contributed by atoms with van der Waals surface area (Å²) < 4.78 is 78.7. The van der Waals surface area contributed by atoms with Crippen LogP contribution < -0.4 is 4.90 Å². The van der Waals surface area contributed by atoms with Crippen molar-refractivity contribution in [3.63, 3.8) is 0 Å². The molecule has 0 aliphatic rings. The second-order valence-electron chi connectivity index (χ2n) is 8.21. The van der Waals surface area contributed by atoms with Crippen LogP contribution in [0.25, 0.3) is 0 Å². The van der Waals surface area contributed by atoms with Crippen molar-refractivity contribution in [2.24, 2.45) is 5.92 Å². The van der Waals surface area contributed by atoms with Crippen LogP contribution in [0.4, 0.5) is 37.7 Å². The van der Waals surface area contributed by atoms with Gasteiger partial charge in [0.25, 0.3) is 0 Å². The normalized spacial score (nSPS) is 12.9. The minimum absolute atomic E-state index is 0.0165. The number of nitrogens with zero attached hydrogens (tertiary/aromatic N) is 1. The van der Waals surface area contributed by atoms with Crippen molar-refractivity contribution in [3.8, 4) is 5.75 Å². The lowest BCUT2D eigenvalue weighted by atomic mass is 9.96. The molecule has 3 aromatic rings. The van der Waals surface area contributed by atoms with Crippen molar-refractivity contribution in [1.82, 2.24) is 0 Å². The molecule has 10 heteroatoms. The fourth-order valence-corrected chi connectivity index (χ4v) is 3.77. The summed E-state index contributed by atoms with van der Waals surface area (Å²) in [4.78, 5) is 14.7. The van der Waals surface area contributed by atoms with E-state index in [1.165, 1.54) is 29.2 Å². The molecule has 3 rings (SSSR count). The number of para-hydroxylation sites is 1. The fourth-order valence-electron chi connectivity index (χ4n) is 3.77. The molecule has 0 bridgehead atoms. The number of carbonyl (C=O) groups is 1. The Morgan fingerprint density at radius 3 is 1.83 bits per heavy atom. The summed E-state index contributed by atoms with van der Waals surface area (Å²) in [5, 5.41) is 19.5. The zero-order valence-corrected chi connectivity index (χ0v) is 18.9.